The van der Waals surface area contributed by atoms with Crippen LogP contribution in [0.4, 0.5) is 5.82 Å². The van der Waals surface area contributed by atoms with E-state index in [4.69, 9.17) is 10.2 Å². The average molecular weight is 395 g/mol. The third-order valence-corrected chi connectivity index (χ3v) is 5.77. The molecule has 29 heavy (non-hydrogen) atoms. The van der Waals surface area contributed by atoms with E-state index < -0.39 is 0 Å². The zero-order valence-electron chi connectivity index (χ0n) is 16.6. The Morgan fingerprint density at radius 3 is 2.69 bits per heavy atom. The fourth-order valence-corrected chi connectivity index (χ4v) is 4.22. The van der Waals surface area contributed by atoms with Gasteiger partial charge in [-0.25, -0.2) is 9.97 Å². The van der Waals surface area contributed by atoms with Crippen LogP contribution >= 0.6 is 0 Å². The highest BCUT2D eigenvalue weighted by Crippen LogP contribution is 2.53. The molecule has 1 aliphatic carbocycles. The molecule has 2 aromatic heterocycles. The lowest BCUT2D eigenvalue weighted by atomic mass is 10.2. The van der Waals surface area contributed by atoms with Crippen molar-refractivity contribution in [3.63, 3.8) is 0 Å². The van der Waals surface area contributed by atoms with E-state index in [1.54, 1.807) is 32.2 Å². The molecule has 1 aliphatic heterocycles. The highest BCUT2D eigenvalue weighted by atomic mass is 16.4. The number of anilines is 1. The van der Waals surface area contributed by atoms with Gasteiger partial charge >= 0.3 is 0 Å². The van der Waals surface area contributed by atoms with Crippen molar-refractivity contribution in [3.05, 3.63) is 47.3 Å². The first-order valence-corrected chi connectivity index (χ1v) is 9.83. The molecule has 0 bridgehead atoms. The van der Waals surface area contributed by atoms with Crippen LogP contribution in [0.5, 0.6) is 0 Å². The first kappa shape index (κ1) is 19.2. The number of carbonyl (C=O) groups excluding carboxylic acids is 2. The molecule has 152 valence electrons. The summed E-state index contributed by atoms with van der Waals surface area (Å²) in [5.74, 6) is 2.76. The van der Waals surface area contributed by atoms with Crippen LogP contribution < -0.4 is 11.1 Å². The fourth-order valence-electron chi connectivity index (χ4n) is 4.22. The fraction of sp³-hybridized carbons (Fsp3) is 0.429. The Labute approximate surface area is 169 Å². The molecule has 0 aromatic carbocycles. The van der Waals surface area contributed by atoms with E-state index in [2.05, 4.69) is 15.3 Å². The van der Waals surface area contributed by atoms with Crippen LogP contribution in [0, 0.1) is 31.6 Å². The van der Waals surface area contributed by atoms with E-state index in [1.165, 1.54) is 6.08 Å². The molecule has 2 aliphatic rings. The van der Waals surface area contributed by atoms with Gasteiger partial charge < -0.3 is 20.4 Å². The van der Waals surface area contributed by atoms with Gasteiger partial charge in [0.2, 0.25) is 11.7 Å². The molecule has 2 atom stereocenters. The molecule has 2 fully saturated rings. The number of hydrogen-bond donors (Lipinski definition) is 2. The minimum absolute atomic E-state index is 0.0651. The summed E-state index contributed by atoms with van der Waals surface area (Å²) in [5, 5.41) is 2.92. The maximum atomic E-state index is 12.6. The number of aromatic nitrogens is 2. The van der Waals surface area contributed by atoms with E-state index in [-0.39, 0.29) is 11.8 Å². The van der Waals surface area contributed by atoms with Crippen LogP contribution in [0.3, 0.4) is 0 Å². The Hall–Kier alpha value is -3.16. The van der Waals surface area contributed by atoms with Crippen molar-refractivity contribution in [2.45, 2.75) is 20.3 Å². The van der Waals surface area contributed by atoms with Crippen LogP contribution in [-0.4, -0.2) is 46.3 Å². The maximum absolute atomic E-state index is 12.6. The second-order valence-corrected chi connectivity index (χ2v) is 7.78. The maximum Gasteiger partial charge on any atom is 0.291 e. The molecule has 0 radical (unpaired) electrons. The zero-order chi connectivity index (χ0) is 20.5. The number of hydrogen-bond acceptors (Lipinski definition) is 6. The summed E-state index contributed by atoms with van der Waals surface area (Å²) in [6.07, 6.45) is 5.77. The number of rotatable bonds is 6. The first-order chi connectivity index (χ1) is 13.9. The number of aryl methyl sites for hydroxylation is 2. The molecule has 1 saturated carbocycles. The van der Waals surface area contributed by atoms with Crippen molar-refractivity contribution in [1.82, 2.24) is 20.2 Å². The molecule has 2 aromatic rings. The lowest BCUT2D eigenvalue weighted by molar-refractivity contribution is -0.116. The predicted molar refractivity (Wildman–Crippen MR) is 108 cm³/mol. The van der Waals surface area contributed by atoms with E-state index in [9.17, 15) is 9.59 Å². The number of fused-ring (bicyclic) bond motifs is 1. The highest BCUT2D eigenvalue weighted by molar-refractivity contribution is 5.93. The SMILES string of the molecule is Cc1nc(C)c(C(=O)N2CC3C(CCNC(=O)/C=C/c4ccc(N)nc4)C3C2)o1. The number of pyridine rings is 1. The molecule has 3 N–H and O–H groups in total. The number of nitrogens with two attached hydrogens (primary N) is 1. The second kappa shape index (κ2) is 7.69. The lowest BCUT2D eigenvalue weighted by Crippen LogP contribution is -2.32. The first-order valence-electron chi connectivity index (χ1n) is 9.83. The number of nitrogens with zero attached hydrogens (tertiary/aromatic N) is 3. The summed E-state index contributed by atoms with van der Waals surface area (Å²) in [4.78, 5) is 34.6. The number of piperidine rings is 1. The van der Waals surface area contributed by atoms with Crippen molar-refractivity contribution in [2.75, 3.05) is 25.4 Å². The summed E-state index contributed by atoms with van der Waals surface area (Å²) in [5.41, 5.74) is 7.01. The number of amides is 2. The third-order valence-electron chi connectivity index (χ3n) is 5.77. The van der Waals surface area contributed by atoms with Crippen LogP contribution in [0.2, 0.25) is 0 Å². The van der Waals surface area contributed by atoms with Crippen molar-refractivity contribution < 1.29 is 14.0 Å². The van der Waals surface area contributed by atoms with Gasteiger partial charge in [0, 0.05) is 38.8 Å². The Balaban J connectivity index is 1.18. The molecule has 3 heterocycles. The van der Waals surface area contributed by atoms with Gasteiger partial charge in [0.15, 0.2) is 5.89 Å². The number of nitrogen functional groups attached to an aromatic ring is 1. The van der Waals surface area contributed by atoms with E-state index in [0.29, 0.717) is 47.5 Å². The molecule has 8 heteroatoms. The summed E-state index contributed by atoms with van der Waals surface area (Å²) in [7, 11) is 0. The standard InChI is InChI=1S/C21H25N5O3/c1-12-20(29-13(2)25-12)21(28)26-10-16-15(17(16)11-26)7-8-23-19(27)6-4-14-3-5-18(22)24-9-14/h3-6,9,15-17H,7-8,10-11H2,1-2H3,(H2,22,24)(H,23,27)/b6-4+. The molecular weight excluding hydrogens is 370 g/mol. The van der Waals surface area contributed by atoms with Crippen molar-refractivity contribution in [1.29, 1.82) is 0 Å². The Kier molecular flexibility index (Phi) is 5.08. The van der Waals surface area contributed by atoms with Gasteiger partial charge in [-0.2, -0.15) is 0 Å². The molecular formula is C21H25N5O3. The highest BCUT2D eigenvalue weighted by Gasteiger charge is 2.56. The molecule has 0 spiro atoms. The van der Waals surface area contributed by atoms with Crippen molar-refractivity contribution >= 4 is 23.7 Å². The Bertz CT molecular complexity index is 938. The molecule has 2 amide bonds. The van der Waals surface area contributed by atoms with E-state index in [1.807, 2.05) is 11.0 Å². The Morgan fingerprint density at radius 1 is 1.31 bits per heavy atom. The minimum atomic E-state index is -0.124. The molecule has 1 saturated heterocycles. The van der Waals surface area contributed by atoms with Gasteiger partial charge in [-0.05, 0) is 54.9 Å². The summed E-state index contributed by atoms with van der Waals surface area (Å²) < 4.78 is 5.45. The average Bonchev–Trinajstić information content (AvgIpc) is 3.02. The zero-order valence-corrected chi connectivity index (χ0v) is 16.6. The van der Waals surface area contributed by atoms with Gasteiger partial charge in [0.25, 0.3) is 5.91 Å². The molecule has 2 unspecified atom stereocenters. The smallest absolute Gasteiger partial charge is 0.291 e. The minimum Gasteiger partial charge on any atom is -0.436 e. The summed E-state index contributed by atoms with van der Waals surface area (Å²) in [6.45, 7) is 5.69. The van der Waals surface area contributed by atoms with Crippen molar-refractivity contribution in [2.24, 2.45) is 17.8 Å². The second-order valence-electron chi connectivity index (χ2n) is 7.78. The number of carbonyl (C=O) groups is 2. The van der Waals surface area contributed by atoms with Crippen molar-refractivity contribution in [3.8, 4) is 0 Å². The monoisotopic (exact) mass is 395 g/mol. The number of oxazole rings is 1. The quantitative estimate of drug-likeness (QED) is 0.721. The largest absolute Gasteiger partial charge is 0.436 e. The summed E-state index contributed by atoms with van der Waals surface area (Å²) in [6, 6.07) is 3.51. The Morgan fingerprint density at radius 2 is 2.07 bits per heavy atom. The van der Waals surface area contributed by atoms with E-state index >= 15 is 0 Å². The van der Waals surface area contributed by atoms with Gasteiger partial charge in [0.1, 0.15) is 5.82 Å². The lowest BCUT2D eigenvalue weighted by Gasteiger charge is -2.18. The number of nitrogens with one attached hydrogen (secondary N) is 1. The van der Waals surface area contributed by atoms with Crippen LogP contribution in [-0.2, 0) is 4.79 Å². The number of likely N-dealkylation sites (tertiary alicyclic amines) is 1. The molecule has 8 nitrogen and oxygen atoms in total. The van der Waals surface area contributed by atoms with Crippen LogP contribution in [0.15, 0.2) is 28.8 Å². The van der Waals surface area contributed by atoms with Crippen LogP contribution in [0.1, 0.15) is 34.1 Å². The third kappa shape index (κ3) is 4.16. The predicted octanol–water partition coefficient (Wildman–Crippen LogP) is 1.81. The van der Waals surface area contributed by atoms with Gasteiger partial charge in [-0.1, -0.05) is 0 Å². The van der Waals surface area contributed by atoms with Gasteiger partial charge in [0.05, 0.1) is 5.69 Å². The normalized spacial score (nSPS) is 22.7. The van der Waals surface area contributed by atoms with Gasteiger partial charge in [-0.15, -0.1) is 0 Å². The van der Waals surface area contributed by atoms with Gasteiger partial charge in [-0.3, -0.25) is 9.59 Å². The van der Waals surface area contributed by atoms with Crippen LogP contribution in [0.25, 0.3) is 6.08 Å². The van der Waals surface area contributed by atoms with E-state index in [0.717, 1.165) is 25.1 Å². The molecule has 4 rings (SSSR count). The summed E-state index contributed by atoms with van der Waals surface area (Å²) >= 11 is 0. The topological polar surface area (TPSA) is 114 Å².